The van der Waals surface area contributed by atoms with E-state index in [1.54, 1.807) is 16.6 Å². The first kappa shape index (κ1) is 15.3. The molecular weight excluding hydrogens is 272 g/mol. The Labute approximate surface area is 123 Å². The molecule has 2 amide bonds. The highest BCUT2D eigenvalue weighted by Crippen LogP contribution is 2.15. The lowest BCUT2D eigenvalue weighted by Crippen LogP contribution is -2.51. The van der Waals surface area contributed by atoms with Gasteiger partial charge in [-0.3, -0.25) is 19.2 Å². The van der Waals surface area contributed by atoms with E-state index < -0.39 is 0 Å². The summed E-state index contributed by atoms with van der Waals surface area (Å²) < 4.78 is 1.62. The number of nitrogens with one attached hydrogen (secondary N) is 1. The van der Waals surface area contributed by atoms with Gasteiger partial charge in [-0.15, -0.1) is 0 Å². The van der Waals surface area contributed by atoms with Crippen LogP contribution in [0.3, 0.4) is 0 Å². The van der Waals surface area contributed by atoms with Gasteiger partial charge >= 0.3 is 0 Å². The molecule has 116 valence electrons. The molecule has 0 aliphatic carbocycles. The van der Waals surface area contributed by atoms with E-state index in [1.165, 1.54) is 6.20 Å². The zero-order valence-electron chi connectivity index (χ0n) is 12.5. The maximum absolute atomic E-state index is 12.5. The van der Waals surface area contributed by atoms with Crippen LogP contribution in [0.25, 0.3) is 0 Å². The molecule has 0 radical (unpaired) electrons. The molecule has 1 aromatic heterocycles. The van der Waals surface area contributed by atoms with Crippen LogP contribution in [0.4, 0.5) is 5.69 Å². The molecule has 8 heteroatoms. The molecule has 0 bridgehead atoms. The number of carbonyl (C=O) groups excluding carboxylic acids is 2. The van der Waals surface area contributed by atoms with Crippen LogP contribution in [0.5, 0.6) is 0 Å². The van der Waals surface area contributed by atoms with Crippen molar-refractivity contribution in [2.45, 2.75) is 13.5 Å². The minimum absolute atomic E-state index is 0.0110. The smallest absolute Gasteiger partial charge is 0.274 e. The van der Waals surface area contributed by atoms with Gasteiger partial charge in [0.25, 0.3) is 5.91 Å². The number of carbonyl (C=O) groups is 2. The molecule has 3 N–H and O–H groups in total. The van der Waals surface area contributed by atoms with Gasteiger partial charge in [-0.1, -0.05) is 0 Å². The van der Waals surface area contributed by atoms with E-state index in [-0.39, 0.29) is 11.8 Å². The van der Waals surface area contributed by atoms with E-state index in [4.69, 9.17) is 5.73 Å². The number of nitrogen functional groups attached to an aromatic ring is 1. The predicted molar refractivity (Wildman–Crippen MR) is 78.7 cm³/mol. The molecule has 1 fully saturated rings. The number of aromatic nitrogens is 2. The molecule has 0 saturated carbocycles. The number of nitrogens with two attached hydrogens (primary N) is 1. The van der Waals surface area contributed by atoms with Gasteiger partial charge in [0.2, 0.25) is 5.91 Å². The maximum atomic E-state index is 12.5. The van der Waals surface area contributed by atoms with Gasteiger partial charge < -0.3 is 16.0 Å². The standard InChI is InChI=1S/C13H22N6O2/c1-3-19-12(10(14)8-16-19)13(21)18-6-4-17(5-7-18)9-11(20)15-2/h8H,3-7,9,14H2,1-2H3,(H,15,20). The minimum Gasteiger partial charge on any atom is -0.396 e. The minimum atomic E-state index is -0.0913. The highest BCUT2D eigenvalue weighted by Gasteiger charge is 2.26. The summed E-state index contributed by atoms with van der Waals surface area (Å²) in [5.41, 5.74) is 6.71. The van der Waals surface area contributed by atoms with E-state index in [0.29, 0.717) is 50.6 Å². The van der Waals surface area contributed by atoms with Crippen molar-refractivity contribution in [3.8, 4) is 0 Å². The molecule has 1 aromatic rings. The quantitative estimate of drug-likeness (QED) is 0.741. The first-order valence-electron chi connectivity index (χ1n) is 7.10. The third-order valence-corrected chi connectivity index (χ3v) is 3.68. The van der Waals surface area contributed by atoms with Crippen LogP contribution in [-0.4, -0.2) is 71.2 Å². The van der Waals surface area contributed by atoms with Crippen molar-refractivity contribution in [1.29, 1.82) is 0 Å². The number of hydrogen-bond acceptors (Lipinski definition) is 5. The number of likely N-dealkylation sites (N-methyl/N-ethyl adjacent to an activating group) is 1. The van der Waals surface area contributed by atoms with Gasteiger partial charge in [0.05, 0.1) is 18.4 Å². The molecule has 1 aliphatic heterocycles. The van der Waals surface area contributed by atoms with Gasteiger partial charge in [0, 0.05) is 39.8 Å². The zero-order chi connectivity index (χ0) is 15.4. The van der Waals surface area contributed by atoms with Gasteiger partial charge in [-0.2, -0.15) is 5.10 Å². The van der Waals surface area contributed by atoms with Gasteiger partial charge in [-0.25, -0.2) is 0 Å². The van der Waals surface area contributed by atoms with E-state index in [1.807, 2.05) is 11.8 Å². The summed E-state index contributed by atoms with van der Waals surface area (Å²) in [6.07, 6.45) is 1.51. The van der Waals surface area contributed by atoms with Crippen LogP contribution in [0.15, 0.2) is 6.20 Å². The Bertz CT molecular complexity index is 519. The Kier molecular flexibility index (Phi) is 4.79. The second-order valence-corrected chi connectivity index (χ2v) is 5.01. The predicted octanol–water partition coefficient (Wildman–Crippen LogP) is -1.01. The summed E-state index contributed by atoms with van der Waals surface area (Å²) in [4.78, 5) is 27.7. The molecule has 21 heavy (non-hydrogen) atoms. The third-order valence-electron chi connectivity index (χ3n) is 3.68. The Hall–Kier alpha value is -2.09. The number of aryl methyl sites for hydroxylation is 1. The van der Waals surface area contributed by atoms with Crippen LogP contribution >= 0.6 is 0 Å². The largest absolute Gasteiger partial charge is 0.396 e. The molecule has 1 aliphatic rings. The third kappa shape index (κ3) is 3.33. The normalized spacial score (nSPS) is 16.0. The Morgan fingerprint density at radius 1 is 1.33 bits per heavy atom. The Morgan fingerprint density at radius 2 is 2.00 bits per heavy atom. The molecule has 1 saturated heterocycles. The molecule has 0 aromatic carbocycles. The van der Waals surface area contributed by atoms with E-state index in [0.717, 1.165) is 0 Å². The van der Waals surface area contributed by atoms with Crippen molar-refractivity contribution >= 4 is 17.5 Å². The zero-order valence-corrected chi connectivity index (χ0v) is 12.5. The molecule has 8 nitrogen and oxygen atoms in total. The average molecular weight is 294 g/mol. The van der Waals surface area contributed by atoms with E-state index >= 15 is 0 Å². The second-order valence-electron chi connectivity index (χ2n) is 5.01. The van der Waals surface area contributed by atoms with Crippen molar-refractivity contribution < 1.29 is 9.59 Å². The lowest BCUT2D eigenvalue weighted by atomic mass is 10.2. The number of amides is 2. The first-order valence-corrected chi connectivity index (χ1v) is 7.10. The van der Waals surface area contributed by atoms with Crippen molar-refractivity contribution in [3.05, 3.63) is 11.9 Å². The van der Waals surface area contributed by atoms with Crippen molar-refractivity contribution in [2.24, 2.45) is 0 Å². The highest BCUT2D eigenvalue weighted by molar-refractivity contribution is 5.97. The lowest BCUT2D eigenvalue weighted by molar-refractivity contribution is -0.122. The Morgan fingerprint density at radius 3 is 2.57 bits per heavy atom. The molecule has 0 atom stereocenters. The van der Waals surface area contributed by atoms with Crippen molar-refractivity contribution in [1.82, 2.24) is 24.9 Å². The average Bonchev–Trinajstić information content (AvgIpc) is 2.88. The number of piperazine rings is 1. The molecule has 2 heterocycles. The number of anilines is 1. The van der Waals surface area contributed by atoms with E-state index in [2.05, 4.69) is 10.4 Å². The first-order chi connectivity index (χ1) is 10.1. The van der Waals surface area contributed by atoms with Crippen molar-refractivity contribution in [3.63, 3.8) is 0 Å². The fourth-order valence-electron chi connectivity index (χ4n) is 2.41. The van der Waals surface area contributed by atoms with Crippen LogP contribution in [0, 0.1) is 0 Å². The topological polar surface area (TPSA) is 96.5 Å². The number of hydrogen-bond donors (Lipinski definition) is 2. The van der Waals surface area contributed by atoms with Crippen molar-refractivity contribution in [2.75, 3.05) is 45.5 Å². The summed E-state index contributed by atoms with van der Waals surface area (Å²) in [6.45, 7) is 5.43. The number of nitrogens with zero attached hydrogens (tertiary/aromatic N) is 4. The summed E-state index contributed by atoms with van der Waals surface area (Å²) >= 11 is 0. The van der Waals surface area contributed by atoms with E-state index in [9.17, 15) is 9.59 Å². The fraction of sp³-hybridized carbons (Fsp3) is 0.615. The molecular formula is C13H22N6O2. The lowest BCUT2D eigenvalue weighted by Gasteiger charge is -2.34. The molecule has 0 spiro atoms. The Balaban J connectivity index is 1.97. The van der Waals surface area contributed by atoms with Crippen LogP contribution < -0.4 is 11.1 Å². The monoisotopic (exact) mass is 294 g/mol. The van der Waals surface area contributed by atoms with Gasteiger partial charge in [0.1, 0.15) is 5.69 Å². The molecule has 2 rings (SSSR count). The molecule has 0 unspecified atom stereocenters. The SMILES string of the molecule is CCn1ncc(N)c1C(=O)N1CCN(CC(=O)NC)CC1. The van der Waals surface area contributed by atoms with Crippen LogP contribution in [-0.2, 0) is 11.3 Å². The van der Waals surface area contributed by atoms with Crippen LogP contribution in [0.2, 0.25) is 0 Å². The summed E-state index contributed by atoms with van der Waals surface area (Å²) in [7, 11) is 1.62. The van der Waals surface area contributed by atoms with Gasteiger partial charge in [0.15, 0.2) is 0 Å². The summed E-state index contributed by atoms with van der Waals surface area (Å²) in [5.74, 6) is -0.102. The second kappa shape index (κ2) is 6.57. The highest BCUT2D eigenvalue weighted by atomic mass is 16.2. The summed E-state index contributed by atoms with van der Waals surface area (Å²) in [6, 6.07) is 0. The summed E-state index contributed by atoms with van der Waals surface area (Å²) in [5, 5.41) is 6.70. The maximum Gasteiger partial charge on any atom is 0.274 e. The van der Waals surface area contributed by atoms with Crippen LogP contribution in [0.1, 0.15) is 17.4 Å². The fourth-order valence-corrected chi connectivity index (χ4v) is 2.41. The number of rotatable bonds is 4. The van der Waals surface area contributed by atoms with Gasteiger partial charge in [-0.05, 0) is 6.92 Å².